The van der Waals surface area contributed by atoms with Gasteiger partial charge < -0.3 is 4.74 Å². The minimum atomic E-state index is 0.0160. The third-order valence-electron chi connectivity index (χ3n) is 6.04. The first-order chi connectivity index (χ1) is 8.42. The summed E-state index contributed by atoms with van der Waals surface area (Å²) in [5.74, 6) is 1.76. The van der Waals surface area contributed by atoms with Crippen LogP contribution in [0.5, 0.6) is 0 Å². The van der Waals surface area contributed by atoms with Crippen LogP contribution in [0.2, 0.25) is 0 Å². The van der Waals surface area contributed by atoms with Gasteiger partial charge in [-0.2, -0.15) is 0 Å². The van der Waals surface area contributed by atoms with Crippen molar-refractivity contribution >= 4 is 17.6 Å². The second-order valence-corrected chi connectivity index (χ2v) is 7.60. The molecule has 0 radical (unpaired) electrons. The van der Waals surface area contributed by atoms with E-state index in [-0.39, 0.29) is 18.0 Å². The van der Waals surface area contributed by atoms with E-state index in [0.717, 1.165) is 19.3 Å². The molecule has 3 fully saturated rings. The molecule has 0 aromatic rings. The topological polar surface area (TPSA) is 26.3 Å². The number of hydrogen-bond acceptors (Lipinski definition) is 2. The van der Waals surface area contributed by atoms with E-state index in [9.17, 15) is 4.79 Å². The van der Waals surface area contributed by atoms with Crippen LogP contribution in [-0.2, 0) is 9.53 Å². The number of carbonyl (C=O) groups is 1. The molecule has 3 aliphatic rings. The number of rotatable bonds is 0. The summed E-state index contributed by atoms with van der Waals surface area (Å²) in [6.45, 7) is 6.70. The van der Waals surface area contributed by atoms with Crippen molar-refractivity contribution in [1.82, 2.24) is 0 Å². The van der Waals surface area contributed by atoms with Gasteiger partial charge in [0.1, 0.15) is 6.10 Å². The van der Waals surface area contributed by atoms with Gasteiger partial charge in [0.2, 0.25) is 0 Å². The third-order valence-corrected chi connectivity index (χ3v) is 6.66. The summed E-state index contributed by atoms with van der Waals surface area (Å²) < 4.78 is 5.58. The van der Waals surface area contributed by atoms with Crippen molar-refractivity contribution < 1.29 is 9.53 Å². The van der Waals surface area contributed by atoms with Crippen LogP contribution in [0.25, 0.3) is 0 Å². The van der Waals surface area contributed by atoms with Gasteiger partial charge in [0, 0.05) is 11.3 Å². The van der Waals surface area contributed by atoms with Crippen LogP contribution in [0.3, 0.4) is 0 Å². The first-order valence-electron chi connectivity index (χ1n) is 7.27. The van der Waals surface area contributed by atoms with Crippen LogP contribution in [0.1, 0.15) is 46.5 Å². The van der Waals surface area contributed by atoms with Crippen LogP contribution in [-0.4, -0.2) is 17.5 Å². The van der Waals surface area contributed by atoms with Crippen molar-refractivity contribution in [3.8, 4) is 0 Å². The molecule has 7 atom stereocenters. The van der Waals surface area contributed by atoms with Gasteiger partial charge in [0.15, 0.2) is 0 Å². The lowest BCUT2D eigenvalue weighted by atomic mass is 9.53. The molecule has 0 spiro atoms. The maximum absolute atomic E-state index is 11.7. The predicted octanol–water partition coefficient (Wildman–Crippen LogP) is 3.62. The molecule has 3 heteroatoms. The quantitative estimate of drug-likeness (QED) is 0.496. The van der Waals surface area contributed by atoms with Gasteiger partial charge in [0.05, 0.1) is 5.92 Å². The molecule has 1 aliphatic heterocycles. The smallest absolute Gasteiger partial charge is 0.309 e. The van der Waals surface area contributed by atoms with E-state index in [0.29, 0.717) is 28.5 Å². The lowest BCUT2D eigenvalue weighted by Gasteiger charge is -2.53. The second-order valence-electron chi connectivity index (χ2n) is 7.04. The predicted molar refractivity (Wildman–Crippen MR) is 71.4 cm³/mol. The Kier molecular flexibility index (Phi) is 2.93. The molecule has 2 saturated carbocycles. The summed E-state index contributed by atoms with van der Waals surface area (Å²) in [4.78, 5) is 11.7. The van der Waals surface area contributed by atoms with Crippen molar-refractivity contribution in [3.05, 3.63) is 0 Å². The summed E-state index contributed by atoms with van der Waals surface area (Å²) in [5, 5.41) is 0.313. The molecule has 1 saturated heterocycles. The normalized spacial score (nSPS) is 55.7. The lowest BCUT2D eigenvalue weighted by molar-refractivity contribution is -0.146. The van der Waals surface area contributed by atoms with Crippen molar-refractivity contribution in [2.24, 2.45) is 29.1 Å². The fourth-order valence-corrected chi connectivity index (χ4v) is 4.98. The number of halogens is 1. The van der Waals surface area contributed by atoms with E-state index in [4.69, 9.17) is 16.3 Å². The van der Waals surface area contributed by atoms with Gasteiger partial charge in [-0.3, -0.25) is 4.79 Å². The minimum Gasteiger partial charge on any atom is -0.462 e. The fraction of sp³-hybridized carbons (Fsp3) is 0.933. The summed E-state index contributed by atoms with van der Waals surface area (Å²) in [5.41, 5.74) is 0.330. The highest BCUT2D eigenvalue weighted by Gasteiger charge is 2.55. The maximum atomic E-state index is 11.7. The fourth-order valence-electron chi connectivity index (χ4n) is 4.70. The summed E-state index contributed by atoms with van der Waals surface area (Å²) in [6, 6.07) is 0. The Hall–Kier alpha value is -0.240. The minimum absolute atomic E-state index is 0.0160. The Balaban J connectivity index is 1.86. The second kappa shape index (κ2) is 4.13. The SMILES string of the molecule is C[C@@H]1[C@H](Cl)CC[C@]2(C)C[C@@H]3OC(=O)[C@@H](C)[C@H]3C[C@@H]12. The van der Waals surface area contributed by atoms with Gasteiger partial charge in [-0.25, -0.2) is 0 Å². The molecule has 102 valence electrons. The Labute approximate surface area is 114 Å². The zero-order valence-corrected chi connectivity index (χ0v) is 12.2. The van der Waals surface area contributed by atoms with E-state index < -0.39 is 0 Å². The number of esters is 1. The molecule has 0 bridgehead atoms. The monoisotopic (exact) mass is 270 g/mol. The third kappa shape index (κ3) is 1.71. The molecule has 1 heterocycles. The van der Waals surface area contributed by atoms with E-state index >= 15 is 0 Å². The van der Waals surface area contributed by atoms with E-state index in [2.05, 4.69) is 13.8 Å². The Morgan fingerprint density at radius 1 is 1.39 bits per heavy atom. The van der Waals surface area contributed by atoms with Crippen LogP contribution in [0, 0.1) is 29.1 Å². The lowest BCUT2D eigenvalue weighted by Crippen LogP contribution is -2.49. The van der Waals surface area contributed by atoms with Crippen LogP contribution < -0.4 is 0 Å². The highest BCUT2D eigenvalue weighted by atomic mass is 35.5. The number of fused-ring (bicyclic) bond motifs is 2. The standard InChI is InChI=1S/C15H23ClO2/c1-8-10-6-11-9(2)12(16)4-5-15(11,3)7-13(10)18-14(8)17/h8-13H,4-7H2,1-3H3/t8-,9-,10+,11-,12+,13-,15+/m0/s1. The molecule has 2 nitrogen and oxygen atoms in total. The van der Waals surface area contributed by atoms with Crippen LogP contribution in [0.4, 0.5) is 0 Å². The van der Waals surface area contributed by atoms with Crippen molar-refractivity contribution in [2.45, 2.75) is 57.9 Å². The highest BCUT2D eigenvalue weighted by molar-refractivity contribution is 6.20. The first kappa shape index (κ1) is 12.8. The number of ether oxygens (including phenoxy) is 1. The van der Waals surface area contributed by atoms with Crippen LogP contribution >= 0.6 is 11.6 Å². The van der Waals surface area contributed by atoms with Gasteiger partial charge in [-0.15, -0.1) is 11.6 Å². The first-order valence-corrected chi connectivity index (χ1v) is 7.70. The number of alkyl halides is 1. The molecule has 0 N–H and O–H groups in total. The van der Waals surface area contributed by atoms with E-state index in [1.54, 1.807) is 0 Å². The molecule has 2 aliphatic carbocycles. The molecular formula is C15H23ClO2. The average Bonchev–Trinajstić information content (AvgIpc) is 2.58. The molecule has 0 amide bonds. The molecular weight excluding hydrogens is 248 g/mol. The number of carbonyl (C=O) groups excluding carboxylic acids is 1. The van der Waals surface area contributed by atoms with Crippen molar-refractivity contribution in [3.63, 3.8) is 0 Å². The van der Waals surface area contributed by atoms with Gasteiger partial charge in [-0.1, -0.05) is 20.8 Å². The average molecular weight is 271 g/mol. The summed E-state index contributed by atoms with van der Waals surface area (Å²) >= 11 is 6.46. The largest absolute Gasteiger partial charge is 0.462 e. The van der Waals surface area contributed by atoms with Gasteiger partial charge >= 0.3 is 5.97 Å². The zero-order valence-electron chi connectivity index (χ0n) is 11.5. The molecule has 3 rings (SSSR count). The van der Waals surface area contributed by atoms with Gasteiger partial charge in [0.25, 0.3) is 0 Å². The van der Waals surface area contributed by atoms with Crippen molar-refractivity contribution in [1.29, 1.82) is 0 Å². The van der Waals surface area contributed by atoms with E-state index in [1.807, 2.05) is 6.92 Å². The molecule has 0 unspecified atom stereocenters. The Bertz CT molecular complexity index is 370. The summed E-state index contributed by atoms with van der Waals surface area (Å²) in [6.07, 6.45) is 4.64. The summed E-state index contributed by atoms with van der Waals surface area (Å²) in [7, 11) is 0. The van der Waals surface area contributed by atoms with Crippen molar-refractivity contribution in [2.75, 3.05) is 0 Å². The molecule has 18 heavy (non-hydrogen) atoms. The zero-order chi connectivity index (χ0) is 13.1. The van der Waals surface area contributed by atoms with Crippen LogP contribution in [0.15, 0.2) is 0 Å². The Morgan fingerprint density at radius 2 is 2.11 bits per heavy atom. The molecule has 0 aromatic carbocycles. The molecule has 0 aromatic heterocycles. The van der Waals surface area contributed by atoms with E-state index in [1.165, 1.54) is 6.42 Å². The highest BCUT2D eigenvalue weighted by Crippen LogP contribution is 2.57. The van der Waals surface area contributed by atoms with Gasteiger partial charge in [-0.05, 0) is 42.9 Å². The number of hydrogen-bond donors (Lipinski definition) is 0. The Morgan fingerprint density at radius 3 is 2.83 bits per heavy atom. The maximum Gasteiger partial charge on any atom is 0.309 e.